The van der Waals surface area contributed by atoms with Crippen molar-refractivity contribution < 1.29 is 96.8 Å². The fourth-order valence-corrected chi connectivity index (χ4v) is 4.81. The second kappa shape index (κ2) is 12.3. The first kappa shape index (κ1) is 33.2. The molecule has 1 aromatic carbocycles. The van der Waals surface area contributed by atoms with Gasteiger partial charge in [-0.3, -0.25) is 14.4 Å². The van der Waals surface area contributed by atoms with E-state index in [1.807, 2.05) is 0 Å². The van der Waals surface area contributed by atoms with E-state index in [2.05, 4.69) is 15.2 Å². The first-order valence-electron chi connectivity index (χ1n) is 10.4. The second-order valence-corrected chi connectivity index (χ2v) is 9.94. The Morgan fingerprint density at radius 1 is 1.17 bits per heavy atom. The number of carbonyl (C=O) groups is 3. The molecular weight excluding hydrogens is 514 g/mol. The molecule has 14 heteroatoms. The molecule has 0 atom stereocenters. The molecule has 0 spiro atoms. The molecule has 1 fully saturated rings. The minimum absolute atomic E-state index is 0. The summed E-state index contributed by atoms with van der Waals surface area (Å²) >= 11 is 0. The zero-order valence-corrected chi connectivity index (χ0v) is 26.2. The Hall–Kier alpha value is -0.850. The van der Waals surface area contributed by atoms with Gasteiger partial charge in [0.25, 0.3) is 17.6 Å². The summed E-state index contributed by atoms with van der Waals surface area (Å²) in [6, 6.07) is 4.13. The molecule has 0 radical (unpaired) electrons. The van der Waals surface area contributed by atoms with Crippen LogP contribution in [0, 0.1) is 26.6 Å². The van der Waals surface area contributed by atoms with Gasteiger partial charge in [0.15, 0.2) is 0 Å². The van der Waals surface area contributed by atoms with Crippen molar-refractivity contribution in [3.63, 3.8) is 0 Å². The number of carbonyl (C=O) groups excluding carboxylic acids is 3. The van der Waals surface area contributed by atoms with Gasteiger partial charge in [0.2, 0.25) is 0 Å². The predicted octanol–water partition coefficient (Wildman–Crippen LogP) is -4.58. The molecule has 36 heavy (non-hydrogen) atoms. The van der Waals surface area contributed by atoms with E-state index in [0.29, 0.717) is 22.5 Å². The maximum absolute atomic E-state index is 13.5. The molecule has 10 nitrogen and oxygen atoms in total. The maximum Gasteiger partial charge on any atom is 1.00 e. The van der Waals surface area contributed by atoms with E-state index in [9.17, 15) is 33.1 Å². The summed E-state index contributed by atoms with van der Waals surface area (Å²) in [5.41, 5.74) is 0.816. The number of phosphoric acid groups is 1. The normalized spacial score (nSPS) is 18.8. The van der Waals surface area contributed by atoms with Crippen LogP contribution < -0.4 is 79.5 Å². The van der Waals surface area contributed by atoms with Crippen molar-refractivity contribution in [3.8, 4) is 0 Å². The Labute approximate surface area is 252 Å². The van der Waals surface area contributed by atoms with Crippen LogP contribution in [-0.4, -0.2) is 33.8 Å². The van der Waals surface area contributed by atoms with E-state index in [4.69, 9.17) is 0 Å². The maximum atomic E-state index is 13.5. The average molecular weight is 539 g/mol. The molecule has 1 aromatic heterocycles. The molecule has 1 saturated carbocycles. The van der Waals surface area contributed by atoms with Crippen LogP contribution in [0.3, 0.4) is 0 Å². The van der Waals surface area contributed by atoms with E-state index >= 15 is 0 Å². The molecule has 3 rings (SSSR count). The second-order valence-electron chi connectivity index (χ2n) is 8.84. The van der Waals surface area contributed by atoms with Crippen LogP contribution >= 0.6 is 7.82 Å². The SMILES string of the molecule is Cc1cc(NC(=O)c2c(C)c(C(=O)C(=O)NC3(C)CC(OP(=O)([O-])[O-])C3)n(C)c2C)ccc1F.[Na+].[Na+]. The number of rotatable bonds is 7. The Kier molecular flexibility index (Phi) is 11.4. The third-order valence-corrected chi connectivity index (χ3v) is 6.60. The van der Waals surface area contributed by atoms with Gasteiger partial charge in [-0.05, 0) is 69.9 Å². The number of ketones is 1. The zero-order chi connectivity index (χ0) is 25.6. The fraction of sp³-hybridized carbons (Fsp3) is 0.409. The number of halogens is 1. The van der Waals surface area contributed by atoms with Gasteiger partial charge in [-0.15, -0.1) is 0 Å². The first-order chi connectivity index (χ1) is 15.6. The molecule has 2 amide bonds. The monoisotopic (exact) mass is 539 g/mol. The van der Waals surface area contributed by atoms with Crippen LogP contribution in [-0.2, 0) is 20.9 Å². The van der Waals surface area contributed by atoms with Crippen LogP contribution in [0.2, 0.25) is 0 Å². The van der Waals surface area contributed by atoms with Gasteiger partial charge in [0.1, 0.15) is 5.82 Å². The summed E-state index contributed by atoms with van der Waals surface area (Å²) in [6.45, 7) is 6.35. The molecule has 0 saturated heterocycles. The van der Waals surface area contributed by atoms with Gasteiger partial charge >= 0.3 is 59.1 Å². The number of aryl methyl sites for hydroxylation is 1. The number of nitrogens with zero attached hydrogens (tertiary/aromatic N) is 1. The van der Waals surface area contributed by atoms with E-state index in [1.54, 1.807) is 34.7 Å². The third-order valence-electron chi connectivity index (χ3n) is 6.04. The zero-order valence-electron chi connectivity index (χ0n) is 21.4. The number of hydrogen-bond donors (Lipinski definition) is 2. The van der Waals surface area contributed by atoms with Crippen molar-refractivity contribution >= 4 is 31.1 Å². The van der Waals surface area contributed by atoms with Crippen molar-refractivity contribution in [2.75, 3.05) is 5.32 Å². The number of aromatic nitrogens is 1. The van der Waals surface area contributed by atoms with Crippen molar-refractivity contribution in [1.29, 1.82) is 0 Å². The van der Waals surface area contributed by atoms with E-state index < -0.39 is 42.9 Å². The van der Waals surface area contributed by atoms with Gasteiger partial charge in [0, 0.05) is 24.0 Å². The minimum Gasteiger partial charge on any atom is -0.790 e. The molecule has 2 N–H and O–H groups in total. The van der Waals surface area contributed by atoms with E-state index in [-0.39, 0.29) is 83.2 Å². The third kappa shape index (κ3) is 7.38. The number of anilines is 1. The standard InChI is InChI=1S/C22H27FN3O7P.2Na/c1-11-8-14(6-7-16(11)23)24-20(28)17-12(2)18(26(5)13(17)3)19(27)21(29)25-22(4)9-15(10-22)33-34(30,31)32;;/h6-8,15H,9-10H2,1-5H3,(H,24,28)(H,25,29)(H2,30,31,32);;/q;2*+1/p-2. The molecule has 184 valence electrons. The van der Waals surface area contributed by atoms with Crippen LogP contribution in [0.5, 0.6) is 0 Å². The number of amides is 2. The summed E-state index contributed by atoms with van der Waals surface area (Å²) in [5.74, 6) is -2.72. The van der Waals surface area contributed by atoms with E-state index in [0.717, 1.165) is 0 Å². The summed E-state index contributed by atoms with van der Waals surface area (Å²) < 4.78 is 30.1. The number of hydrogen-bond acceptors (Lipinski definition) is 7. The molecule has 2 aromatic rings. The van der Waals surface area contributed by atoms with E-state index in [1.165, 1.54) is 22.8 Å². The first-order valence-corrected chi connectivity index (χ1v) is 11.9. The summed E-state index contributed by atoms with van der Waals surface area (Å²) in [6.07, 6.45) is -0.752. The fourth-order valence-electron chi connectivity index (χ4n) is 4.29. The van der Waals surface area contributed by atoms with Gasteiger partial charge in [0.05, 0.1) is 25.2 Å². The smallest absolute Gasteiger partial charge is 0.790 e. The molecule has 0 bridgehead atoms. The Morgan fingerprint density at radius 3 is 2.28 bits per heavy atom. The topological polar surface area (TPSA) is 153 Å². The number of nitrogens with one attached hydrogen (secondary N) is 2. The molecule has 0 unspecified atom stereocenters. The summed E-state index contributed by atoms with van der Waals surface area (Å²) in [5, 5.41) is 5.24. The largest absolute Gasteiger partial charge is 1.00 e. The van der Waals surface area contributed by atoms with Gasteiger partial charge in [-0.25, -0.2) is 4.39 Å². The number of Topliss-reactive ketones (excluding diaryl/α,β-unsaturated/α-hetero) is 1. The molecule has 1 aliphatic rings. The van der Waals surface area contributed by atoms with Crippen LogP contribution in [0.4, 0.5) is 10.1 Å². The molecule has 1 aliphatic carbocycles. The number of benzene rings is 1. The van der Waals surface area contributed by atoms with Crippen molar-refractivity contribution in [2.45, 2.75) is 52.2 Å². The summed E-state index contributed by atoms with van der Waals surface area (Å²) in [7, 11) is -3.59. The Morgan fingerprint density at radius 2 is 1.75 bits per heavy atom. The van der Waals surface area contributed by atoms with Crippen molar-refractivity contribution in [3.05, 3.63) is 52.1 Å². The average Bonchev–Trinajstić information content (AvgIpc) is 2.90. The predicted molar refractivity (Wildman–Crippen MR) is 117 cm³/mol. The van der Waals surface area contributed by atoms with Gasteiger partial charge in [-0.1, -0.05) is 0 Å². The summed E-state index contributed by atoms with van der Waals surface area (Å²) in [4.78, 5) is 60.0. The van der Waals surface area contributed by atoms with Crippen LogP contribution in [0.25, 0.3) is 0 Å². The van der Waals surface area contributed by atoms with Gasteiger partial charge < -0.3 is 34.1 Å². The van der Waals surface area contributed by atoms with Crippen LogP contribution in [0.1, 0.15) is 57.4 Å². The quantitative estimate of drug-likeness (QED) is 0.156. The Balaban J connectivity index is 0.00000324. The Bertz CT molecular complexity index is 1240. The van der Waals surface area contributed by atoms with Gasteiger partial charge in [-0.2, -0.15) is 0 Å². The number of phosphoric ester groups is 1. The van der Waals surface area contributed by atoms with Crippen molar-refractivity contribution in [1.82, 2.24) is 9.88 Å². The molecule has 1 heterocycles. The van der Waals surface area contributed by atoms with Crippen molar-refractivity contribution in [2.24, 2.45) is 7.05 Å². The molecular formula is C22H25FN3Na2O7P. The minimum atomic E-state index is -5.14. The van der Waals surface area contributed by atoms with Crippen LogP contribution in [0.15, 0.2) is 18.2 Å². The molecule has 0 aliphatic heterocycles.